The number of rotatable bonds is 8. The molecule has 0 amide bonds. The molecule has 1 heterocycles. The molecule has 0 aromatic heterocycles. The normalized spacial score (nSPS) is 19.8. The van der Waals surface area contributed by atoms with Crippen molar-refractivity contribution in [3.8, 4) is 0 Å². The van der Waals surface area contributed by atoms with Gasteiger partial charge in [0.15, 0.2) is 0 Å². The van der Waals surface area contributed by atoms with Crippen LogP contribution >= 0.6 is 0 Å². The third-order valence-electron chi connectivity index (χ3n) is 3.99. The van der Waals surface area contributed by atoms with Gasteiger partial charge in [-0.15, -0.1) is 0 Å². The molecule has 1 unspecified atom stereocenters. The smallest absolute Gasteiger partial charge is 0.0192 e. The van der Waals surface area contributed by atoms with E-state index in [0.29, 0.717) is 6.04 Å². The SMILES string of the molecule is CCCC(CCC)NCC(C)N1CCCCC1. The van der Waals surface area contributed by atoms with Gasteiger partial charge in [0.25, 0.3) is 0 Å². The first-order valence-electron chi connectivity index (χ1n) is 7.75. The summed E-state index contributed by atoms with van der Waals surface area (Å²) in [4.78, 5) is 2.66. The van der Waals surface area contributed by atoms with Crippen LogP contribution in [-0.4, -0.2) is 36.6 Å². The van der Waals surface area contributed by atoms with Gasteiger partial charge < -0.3 is 5.32 Å². The van der Waals surface area contributed by atoms with E-state index in [9.17, 15) is 0 Å². The van der Waals surface area contributed by atoms with Crippen molar-refractivity contribution < 1.29 is 0 Å². The van der Waals surface area contributed by atoms with Gasteiger partial charge >= 0.3 is 0 Å². The lowest BCUT2D eigenvalue weighted by molar-refractivity contribution is 0.167. The second-order valence-electron chi connectivity index (χ2n) is 5.63. The van der Waals surface area contributed by atoms with Crippen LogP contribution in [-0.2, 0) is 0 Å². The molecule has 2 nitrogen and oxygen atoms in total. The zero-order valence-electron chi connectivity index (χ0n) is 12.2. The van der Waals surface area contributed by atoms with Crippen LogP contribution in [0.5, 0.6) is 0 Å². The number of nitrogens with zero attached hydrogens (tertiary/aromatic N) is 1. The Morgan fingerprint density at radius 3 is 2.12 bits per heavy atom. The maximum absolute atomic E-state index is 3.78. The standard InChI is InChI=1S/C15H32N2/c1-4-9-15(10-5-2)16-13-14(3)17-11-7-6-8-12-17/h14-16H,4-13H2,1-3H3. The average molecular weight is 240 g/mol. The molecule has 0 saturated carbocycles. The number of piperidine rings is 1. The molecule has 1 aliphatic rings. The van der Waals surface area contributed by atoms with Gasteiger partial charge in [0.2, 0.25) is 0 Å². The lowest BCUT2D eigenvalue weighted by atomic mass is 10.1. The number of hydrogen-bond donors (Lipinski definition) is 1. The molecular formula is C15H32N2. The van der Waals surface area contributed by atoms with E-state index in [0.717, 1.165) is 6.04 Å². The van der Waals surface area contributed by atoms with Crippen LogP contribution in [0.25, 0.3) is 0 Å². The topological polar surface area (TPSA) is 15.3 Å². The van der Waals surface area contributed by atoms with Crippen molar-refractivity contribution in [2.75, 3.05) is 19.6 Å². The molecule has 1 fully saturated rings. The Bertz CT molecular complexity index is 170. The van der Waals surface area contributed by atoms with Crippen molar-refractivity contribution in [1.29, 1.82) is 0 Å². The van der Waals surface area contributed by atoms with Crippen LogP contribution < -0.4 is 5.32 Å². The summed E-state index contributed by atoms with van der Waals surface area (Å²) in [6, 6.07) is 1.46. The molecule has 1 rings (SSSR count). The maximum atomic E-state index is 3.78. The Hall–Kier alpha value is -0.0800. The highest BCUT2D eigenvalue weighted by atomic mass is 15.2. The lowest BCUT2D eigenvalue weighted by Gasteiger charge is -2.33. The van der Waals surface area contributed by atoms with Gasteiger partial charge in [-0.25, -0.2) is 0 Å². The summed E-state index contributed by atoms with van der Waals surface area (Å²) in [5.41, 5.74) is 0. The van der Waals surface area contributed by atoms with Gasteiger partial charge in [-0.1, -0.05) is 33.1 Å². The molecule has 0 radical (unpaired) electrons. The Morgan fingerprint density at radius 1 is 1.00 bits per heavy atom. The Balaban J connectivity index is 2.21. The van der Waals surface area contributed by atoms with E-state index >= 15 is 0 Å². The molecule has 0 aliphatic carbocycles. The minimum absolute atomic E-state index is 0.714. The molecule has 102 valence electrons. The van der Waals surface area contributed by atoms with E-state index in [4.69, 9.17) is 0 Å². The van der Waals surface area contributed by atoms with Crippen LogP contribution in [0, 0.1) is 0 Å². The van der Waals surface area contributed by atoms with E-state index in [2.05, 4.69) is 31.0 Å². The minimum atomic E-state index is 0.714. The summed E-state index contributed by atoms with van der Waals surface area (Å²) < 4.78 is 0. The van der Waals surface area contributed by atoms with E-state index < -0.39 is 0 Å². The second kappa shape index (κ2) is 8.93. The van der Waals surface area contributed by atoms with E-state index in [1.807, 2.05) is 0 Å². The Morgan fingerprint density at radius 2 is 1.59 bits per heavy atom. The van der Waals surface area contributed by atoms with Crippen molar-refractivity contribution in [3.63, 3.8) is 0 Å². The fourth-order valence-electron chi connectivity index (χ4n) is 2.87. The van der Waals surface area contributed by atoms with Crippen LogP contribution in [0.3, 0.4) is 0 Å². The van der Waals surface area contributed by atoms with Gasteiger partial charge in [-0.2, -0.15) is 0 Å². The molecular weight excluding hydrogens is 208 g/mol. The number of hydrogen-bond acceptors (Lipinski definition) is 2. The first-order chi connectivity index (χ1) is 8.27. The van der Waals surface area contributed by atoms with Crippen molar-refractivity contribution in [2.45, 2.75) is 77.8 Å². The second-order valence-corrected chi connectivity index (χ2v) is 5.63. The highest BCUT2D eigenvalue weighted by Crippen LogP contribution is 2.12. The highest BCUT2D eigenvalue weighted by molar-refractivity contribution is 4.75. The van der Waals surface area contributed by atoms with Crippen LogP contribution in [0.2, 0.25) is 0 Å². The third-order valence-corrected chi connectivity index (χ3v) is 3.99. The molecule has 1 N–H and O–H groups in total. The molecule has 17 heavy (non-hydrogen) atoms. The van der Waals surface area contributed by atoms with Crippen molar-refractivity contribution in [1.82, 2.24) is 10.2 Å². The summed E-state index contributed by atoms with van der Waals surface area (Å²) in [6.45, 7) is 10.8. The van der Waals surface area contributed by atoms with Gasteiger partial charge in [-0.3, -0.25) is 4.90 Å². The summed E-state index contributed by atoms with van der Waals surface area (Å²) in [5, 5.41) is 3.78. The van der Waals surface area contributed by atoms with Gasteiger partial charge in [0.05, 0.1) is 0 Å². The van der Waals surface area contributed by atoms with Gasteiger partial charge in [0.1, 0.15) is 0 Å². The van der Waals surface area contributed by atoms with E-state index in [1.165, 1.54) is 64.6 Å². The molecule has 0 aromatic carbocycles. The largest absolute Gasteiger partial charge is 0.312 e. The minimum Gasteiger partial charge on any atom is -0.312 e. The Labute approximate surface area is 108 Å². The molecule has 2 heteroatoms. The van der Waals surface area contributed by atoms with Crippen LogP contribution in [0.4, 0.5) is 0 Å². The summed E-state index contributed by atoms with van der Waals surface area (Å²) in [7, 11) is 0. The van der Waals surface area contributed by atoms with Crippen molar-refractivity contribution in [3.05, 3.63) is 0 Å². The first-order valence-corrected chi connectivity index (χ1v) is 7.75. The highest BCUT2D eigenvalue weighted by Gasteiger charge is 2.17. The molecule has 0 spiro atoms. The predicted octanol–water partition coefficient (Wildman–Crippen LogP) is 3.42. The third kappa shape index (κ3) is 5.87. The molecule has 1 saturated heterocycles. The first kappa shape index (κ1) is 15.0. The molecule has 1 aliphatic heterocycles. The van der Waals surface area contributed by atoms with Crippen molar-refractivity contribution in [2.24, 2.45) is 0 Å². The van der Waals surface area contributed by atoms with E-state index in [-0.39, 0.29) is 0 Å². The molecule has 0 aromatic rings. The number of likely N-dealkylation sites (tertiary alicyclic amines) is 1. The van der Waals surface area contributed by atoms with Crippen molar-refractivity contribution >= 4 is 0 Å². The van der Waals surface area contributed by atoms with Gasteiger partial charge in [0, 0.05) is 18.6 Å². The Kier molecular flexibility index (Phi) is 7.87. The molecule has 0 bridgehead atoms. The monoisotopic (exact) mass is 240 g/mol. The quantitative estimate of drug-likeness (QED) is 0.699. The predicted molar refractivity (Wildman–Crippen MR) is 76.5 cm³/mol. The fraction of sp³-hybridized carbons (Fsp3) is 1.00. The van der Waals surface area contributed by atoms with Crippen LogP contribution in [0.15, 0.2) is 0 Å². The summed E-state index contributed by atoms with van der Waals surface area (Å²) >= 11 is 0. The number of nitrogens with one attached hydrogen (secondary N) is 1. The maximum Gasteiger partial charge on any atom is 0.0192 e. The van der Waals surface area contributed by atoms with Crippen LogP contribution in [0.1, 0.15) is 65.7 Å². The zero-order valence-corrected chi connectivity index (χ0v) is 12.2. The fourth-order valence-corrected chi connectivity index (χ4v) is 2.87. The average Bonchev–Trinajstić information content (AvgIpc) is 2.37. The lowest BCUT2D eigenvalue weighted by Crippen LogP contribution is -2.45. The van der Waals surface area contributed by atoms with Gasteiger partial charge in [-0.05, 0) is 45.7 Å². The zero-order chi connectivity index (χ0) is 12.5. The van der Waals surface area contributed by atoms with E-state index in [1.54, 1.807) is 0 Å². The summed E-state index contributed by atoms with van der Waals surface area (Å²) in [6.07, 6.45) is 9.51. The summed E-state index contributed by atoms with van der Waals surface area (Å²) in [5.74, 6) is 0. The molecule has 1 atom stereocenters.